The van der Waals surface area contributed by atoms with Crippen molar-refractivity contribution in [1.82, 2.24) is 15.3 Å². The Hall–Kier alpha value is -1.84. The summed E-state index contributed by atoms with van der Waals surface area (Å²) in [5.41, 5.74) is 2.24. The van der Waals surface area contributed by atoms with Gasteiger partial charge in [0.15, 0.2) is 0 Å². The van der Waals surface area contributed by atoms with Crippen LogP contribution < -0.4 is 5.32 Å². The molecule has 4 nitrogen and oxygen atoms in total. The van der Waals surface area contributed by atoms with Crippen molar-refractivity contribution in [3.63, 3.8) is 0 Å². The standard InChI is InChI=1S/C14H19N3O/c1-5-12-15-10-7-6-9(8-11(10)16-12)13(18)17-14(2,3)4/h6-8H,5H2,1-4H3,(H,15,16)(H,17,18). The summed E-state index contributed by atoms with van der Waals surface area (Å²) in [5.74, 6) is 0.885. The zero-order valence-corrected chi connectivity index (χ0v) is 11.3. The van der Waals surface area contributed by atoms with E-state index < -0.39 is 0 Å². The smallest absolute Gasteiger partial charge is 0.251 e. The van der Waals surface area contributed by atoms with Crippen molar-refractivity contribution < 1.29 is 4.79 Å². The van der Waals surface area contributed by atoms with Crippen molar-refractivity contribution in [3.05, 3.63) is 29.6 Å². The average Bonchev–Trinajstić information content (AvgIpc) is 2.68. The number of rotatable bonds is 2. The molecule has 1 heterocycles. The van der Waals surface area contributed by atoms with Crippen molar-refractivity contribution in [2.45, 2.75) is 39.7 Å². The predicted octanol–water partition coefficient (Wildman–Crippen LogP) is 2.65. The number of nitrogens with one attached hydrogen (secondary N) is 2. The maximum atomic E-state index is 12.0. The van der Waals surface area contributed by atoms with Gasteiger partial charge < -0.3 is 10.3 Å². The van der Waals surface area contributed by atoms with Gasteiger partial charge in [-0.05, 0) is 39.0 Å². The molecule has 0 fully saturated rings. The van der Waals surface area contributed by atoms with E-state index in [9.17, 15) is 4.79 Å². The highest BCUT2D eigenvalue weighted by Crippen LogP contribution is 2.15. The van der Waals surface area contributed by atoms with Gasteiger partial charge in [0.2, 0.25) is 0 Å². The molecule has 0 atom stereocenters. The SMILES string of the molecule is CCc1nc2ccc(C(=O)NC(C)(C)C)cc2[nH]1. The first kappa shape index (κ1) is 12.6. The second kappa shape index (κ2) is 4.44. The Labute approximate surface area is 107 Å². The average molecular weight is 245 g/mol. The highest BCUT2D eigenvalue weighted by Gasteiger charge is 2.15. The number of aryl methyl sites for hydroxylation is 1. The summed E-state index contributed by atoms with van der Waals surface area (Å²) in [7, 11) is 0. The molecule has 1 aromatic carbocycles. The molecule has 0 saturated carbocycles. The quantitative estimate of drug-likeness (QED) is 0.854. The van der Waals surface area contributed by atoms with Gasteiger partial charge in [-0.15, -0.1) is 0 Å². The number of nitrogens with zero attached hydrogens (tertiary/aromatic N) is 1. The summed E-state index contributed by atoms with van der Waals surface area (Å²) in [4.78, 5) is 19.7. The van der Waals surface area contributed by atoms with Crippen LogP contribution in [0.2, 0.25) is 0 Å². The first-order valence-electron chi connectivity index (χ1n) is 6.20. The largest absolute Gasteiger partial charge is 0.347 e. The number of H-pyrrole nitrogens is 1. The van der Waals surface area contributed by atoms with Crippen LogP contribution in [0.15, 0.2) is 18.2 Å². The second-order valence-electron chi connectivity index (χ2n) is 5.47. The molecular weight excluding hydrogens is 226 g/mol. The van der Waals surface area contributed by atoms with E-state index in [1.807, 2.05) is 45.9 Å². The van der Waals surface area contributed by atoms with Crippen LogP contribution in [0.25, 0.3) is 11.0 Å². The van der Waals surface area contributed by atoms with E-state index in [1.165, 1.54) is 0 Å². The lowest BCUT2D eigenvalue weighted by molar-refractivity contribution is 0.0919. The Bertz CT molecular complexity index is 578. The molecule has 0 unspecified atom stereocenters. The molecule has 1 aromatic heterocycles. The van der Waals surface area contributed by atoms with Crippen LogP contribution >= 0.6 is 0 Å². The van der Waals surface area contributed by atoms with Gasteiger partial charge in [-0.3, -0.25) is 4.79 Å². The molecule has 0 radical (unpaired) electrons. The summed E-state index contributed by atoms with van der Waals surface area (Å²) < 4.78 is 0. The Morgan fingerprint density at radius 2 is 2.11 bits per heavy atom. The van der Waals surface area contributed by atoms with Gasteiger partial charge in [0.1, 0.15) is 5.82 Å². The Morgan fingerprint density at radius 3 is 2.72 bits per heavy atom. The number of benzene rings is 1. The van der Waals surface area contributed by atoms with Gasteiger partial charge in [-0.1, -0.05) is 6.92 Å². The molecule has 2 rings (SSSR count). The van der Waals surface area contributed by atoms with E-state index in [4.69, 9.17) is 0 Å². The summed E-state index contributed by atoms with van der Waals surface area (Å²) in [6, 6.07) is 5.54. The van der Waals surface area contributed by atoms with Crippen LogP contribution in [0.5, 0.6) is 0 Å². The second-order valence-corrected chi connectivity index (χ2v) is 5.47. The van der Waals surface area contributed by atoms with Crippen molar-refractivity contribution in [3.8, 4) is 0 Å². The van der Waals surface area contributed by atoms with Gasteiger partial charge in [-0.2, -0.15) is 0 Å². The molecule has 0 aliphatic carbocycles. The fraction of sp³-hybridized carbons (Fsp3) is 0.429. The minimum absolute atomic E-state index is 0.0583. The fourth-order valence-electron chi connectivity index (χ4n) is 1.78. The number of fused-ring (bicyclic) bond motifs is 1. The number of imidazole rings is 1. The fourth-order valence-corrected chi connectivity index (χ4v) is 1.78. The Morgan fingerprint density at radius 1 is 1.39 bits per heavy atom. The number of aromatic amines is 1. The van der Waals surface area contributed by atoms with Gasteiger partial charge >= 0.3 is 0 Å². The third-order valence-corrected chi connectivity index (χ3v) is 2.62. The first-order valence-corrected chi connectivity index (χ1v) is 6.20. The van der Waals surface area contributed by atoms with Gasteiger partial charge in [-0.25, -0.2) is 4.98 Å². The minimum Gasteiger partial charge on any atom is -0.347 e. The lowest BCUT2D eigenvalue weighted by Gasteiger charge is -2.20. The van der Waals surface area contributed by atoms with Crippen LogP contribution in [-0.4, -0.2) is 21.4 Å². The molecule has 1 amide bonds. The van der Waals surface area contributed by atoms with Crippen molar-refractivity contribution in [2.75, 3.05) is 0 Å². The van der Waals surface area contributed by atoms with Gasteiger partial charge in [0, 0.05) is 17.5 Å². The number of hydrogen-bond acceptors (Lipinski definition) is 2. The van der Waals surface area contributed by atoms with Gasteiger partial charge in [0.05, 0.1) is 11.0 Å². The number of carbonyl (C=O) groups is 1. The molecule has 0 saturated heterocycles. The third kappa shape index (κ3) is 2.70. The summed E-state index contributed by atoms with van der Waals surface area (Å²) in [6.07, 6.45) is 0.859. The van der Waals surface area contributed by atoms with Crippen LogP contribution in [0.1, 0.15) is 43.9 Å². The van der Waals surface area contributed by atoms with Crippen LogP contribution in [0.3, 0.4) is 0 Å². The van der Waals surface area contributed by atoms with Crippen LogP contribution in [0, 0.1) is 0 Å². The minimum atomic E-state index is -0.228. The maximum Gasteiger partial charge on any atom is 0.251 e. The molecule has 96 valence electrons. The zero-order chi connectivity index (χ0) is 13.3. The number of carbonyl (C=O) groups excluding carboxylic acids is 1. The first-order chi connectivity index (χ1) is 8.39. The molecular formula is C14H19N3O. The maximum absolute atomic E-state index is 12.0. The Balaban J connectivity index is 2.32. The van der Waals surface area contributed by atoms with E-state index in [1.54, 1.807) is 0 Å². The third-order valence-electron chi connectivity index (χ3n) is 2.62. The topological polar surface area (TPSA) is 57.8 Å². The molecule has 0 aliphatic heterocycles. The van der Waals surface area contributed by atoms with Crippen LogP contribution in [0.4, 0.5) is 0 Å². The van der Waals surface area contributed by atoms with E-state index in [-0.39, 0.29) is 11.4 Å². The number of hydrogen-bond donors (Lipinski definition) is 2. The summed E-state index contributed by atoms with van der Waals surface area (Å²) in [6.45, 7) is 7.95. The monoisotopic (exact) mass is 245 g/mol. The number of amides is 1. The molecule has 4 heteroatoms. The van der Waals surface area contributed by atoms with Crippen molar-refractivity contribution in [1.29, 1.82) is 0 Å². The molecule has 0 bridgehead atoms. The molecule has 2 N–H and O–H groups in total. The van der Waals surface area contributed by atoms with E-state index in [0.29, 0.717) is 5.56 Å². The molecule has 18 heavy (non-hydrogen) atoms. The van der Waals surface area contributed by atoms with Gasteiger partial charge in [0.25, 0.3) is 5.91 Å². The lowest BCUT2D eigenvalue weighted by atomic mass is 10.1. The normalized spacial score (nSPS) is 11.8. The van der Waals surface area contributed by atoms with Crippen molar-refractivity contribution in [2.24, 2.45) is 0 Å². The lowest BCUT2D eigenvalue weighted by Crippen LogP contribution is -2.40. The highest BCUT2D eigenvalue weighted by atomic mass is 16.1. The number of aromatic nitrogens is 2. The Kier molecular flexibility index (Phi) is 3.11. The van der Waals surface area contributed by atoms with E-state index in [2.05, 4.69) is 15.3 Å². The molecule has 2 aromatic rings. The van der Waals surface area contributed by atoms with E-state index >= 15 is 0 Å². The summed E-state index contributed by atoms with van der Waals surface area (Å²) in [5, 5.41) is 2.95. The van der Waals surface area contributed by atoms with E-state index in [0.717, 1.165) is 23.3 Å². The van der Waals surface area contributed by atoms with Crippen molar-refractivity contribution >= 4 is 16.9 Å². The molecule has 0 aliphatic rings. The predicted molar refractivity (Wildman–Crippen MR) is 72.7 cm³/mol. The molecule has 0 spiro atoms. The van der Waals surface area contributed by atoms with Crippen LogP contribution in [-0.2, 0) is 6.42 Å². The highest BCUT2D eigenvalue weighted by molar-refractivity contribution is 5.97. The summed E-state index contributed by atoms with van der Waals surface area (Å²) >= 11 is 0. The zero-order valence-electron chi connectivity index (χ0n) is 11.3.